The molecule has 8 heteroatoms. The van der Waals surface area contributed by atoms with E-state index in [4.69, 9.17) is 5.14 Å². The maximum Gasteiger partial charge on any atom is 0.251 e. The Labute approximate surface area is 159 Å². The highest BCUT2D eigenvalue weighted by Gasteiger charge is 2.25. The predicted molar refractivity (Wildman–Crippen MR) is 104 cm³/mol. The van der Waals surface area contributed by atoms with Gasteiger partial charge in [0.1, 0.15) is 6.04 Å². The minimum Gasteiger partial charge on any atom is -0.340 e. The van der Waals surface area contributed by atoms with Gasteiger partial charge in [0.15, 0.2) is 0 Å². The van der Waals surface area contributed by atoms with E-state index in [9.17, 15) is 18.0 Å². The molecule has 0 aromatic heterocycles. The molecule has 0 fully saturated rings. The smallest absolute Gasteiger partial charge is 0.251 e. The molecule has 2 aromatic rings. The first kappa shape index (κ1) is 20.6. The second kappa shape index (κ2) is 8.32. The van der Waals surface area contributed by atoms with Gasteiger partial charge in [0.05, 0.1) is 4.90 Å². The number of aryl methyl sites for hydroxylation is 1. The zero-order valence-electron chi connectivity index (χ0n) is 15.4. The van der Waals surface area contributed by atoms with Gasteiger partial charge in [-0.3, -0.25) is 9.59 Å². The molecule has 1 atom stereocenters. The SMILES string of the molecule is Cc1ccc(C(=O)N[C@@H](C(=O)Nc2cccc(S(N)(=O)=O)c2)C(C)C)cc1. The third-order valence-corrected chi connectivity index (χ3v) is 4.89. The van der Waals surface area contributed by atoms with E-state index in [0.717, 1.165) is 5.56 Å². The number of carbonyl (C=O) groups is 2. The molecule has 0 heterocycles. The maximum absolute atomic E-state index is 12.6. The van der Waals surface area contributed by atoms with Crippen LogP contribution in [0.2, 0.25) is 0 Å². The highest BCUT2D eigenvalue weighted by molar-refractivity contribution is 7.89. The monoisotopic (exact) mass is 389 g/mol. The van der Waals surface area contributed by atoms with Crippen molar-refractivity contribution in [2.24, 2.45) is 11.1 Å². The Kier molecular flexibility index (Phi) is 6.35. The fraction of sp³-hybridized carbons (Fsp3) is 0.263. The van der Waals surface area contributed by atoms with Crippen LogP contribution in [0.4, 0.5) is 5.69 Å². The van der Waals surface area contributed by atoms with Crippen molar-refractivity contribution in [2.45, 2.75) is 31.7 Å². The Morgan fingerprint density at radius 3 is 2.22 bits per heavy atom. The number of nitrogens with two attached hydrogens (primary N) is 1. The number of anilines is 1. The van der Waals surface area contributed by atoms with Crippen LogP contribution in [0.1, 0.15) is 29.8 Å². The van der Waals surface area contributed by atoms with Crippen molar-refractivity contribution in [1.29, 1.82) is 0 Å². The van der Waals surface area contributed by atoms with Crippen LogP contribution in [-0.2, 0) is 14.8 Å². The molecule has 0 saturated heterocycles. The van der Waals surface area contributed by atoms with Crippen LogP contribution in [0, 0.1) is 12.8 Å². The minimum atomic E-state index is -3.88. The van der Waals surface area contributed by atoms with Crippen molar-refractivity contribution < 1.29 is 18.0 Å². The average Bonchev–Trinajstić information content (AvgIpc) is 2.59. The summed E-state index contributed by atoms with van der Waals surface area (Å²) >= 11 is 0. The Bertz CT molecular complexity index is 938. The van der Waals surface area contributed by atoms with Gasteiger partial charge < -0.3 is 10.6 Å². The zero-order chi connectivity index (χ0) is 20.2. The van der Waals surface area contributed by atoms with Crippen LogP contribution >= 0.6 is 0 Å². The fourth-order valence-electron chi connectivity index (χ4n) is 2.44. The number of benzene rings is 2. The second-order valence-electron chi connectivity index (χ2n) is 6.62. The predicted octanol–water partition coefficient (Wildman–Crippen LogP) is 2.04. The number of carbonyl (C=O) groups excluding carboxylic acids is 2. The quantitative estimate of drug-likeness (QED) is 0.700. The lowest BCUT2D eigenvalue weighted by molar-refractivity contribution is -0.118. The van der Waals surface area contributed by atoms with Gasteiger partial charge in [-0.25, -0.2) is 13.6 Å². The van der Waals surface area contributed by atoms with Gasteiger partial charge in [0.25, 0.3) is 5.91 Å². The summed E-state index contributed by atoms with van der Waals surface area (Å²) in [5.74, 6) is -0.986. The van der Waals surface area contributed by atoms with E-state index in [1.165, 1.54) is 18.2 Å². The molecule has 7 nitrogen and oxygen atoms in total. The number of sulfonamides is 1. The number of hydrogen-bond acceptors (Lipinski definition) is 4. The summed E-state index contributed by atoms with van der Waals surface area (Å²) in [4.78, 5) is 24.9. The third-order valence-electron chi connectivity index (χ3n) is 3.98. The molecular formula is C19H23N3O4S. The van der Waals surface area contributed by atoms with Crippen LogP contribution in [0.5, 0.6) is 0 Å². The summed E-state index contributed by atoms with van der Waals surface area (Å²) in [6.07, 6.45) is 0. The number of nitrogens with one attached hydrogen (secondary N) is 2. The number of primary sulfonamides is 1. The first-order chi connectivity index (χ1) is 12.6. The molecule has 0 aliphatic rings. The largest absolute Gasteiger partial charge is 0.340 e. The Morgan fingerprint density at radius 1 is 1.04 bits per heavy atom. The molecule has 2 rings (SSSR count). The highest BCUT2D eigenvalue weighted by atomic mass is 32.2. The second-order valence-corrected chi connectivity index (χ2v) is 8.18. The van der Waals surface area contributed by atoms with Gasteiger partial charge in [0, 0.05) is 11.3 Å². The van der Waals surface area contributed by atoms with Gasteiger partial charge in [-0.2, -0.15) is 0 Å². The Hall–Kier alpha value is -2.71. The molecule has 27 heavy (non-hydrogen) atoms. The lowest BCUT2D eigenvalue weighted by Gasteiger charge is -2.22. The third kappa shape index (κ3) is 5.63. The van der Waals surface area contributed by atoms with Crippen LogP contribution in [0.3, 0.4) is 0 Å². The van der Waals surface area contributed by atoms with Crippen molar-refractivity contribution in [3.05, 3.63) is 59.7 Å². The first-order valence-electron chi connectivity index (χ1n) is 8.39. The van der Waals surface area contributed by atoms with E-state index < -0.39 is 22.0 Å². The maximum atomic E-state index is 12.6. The van der Waals surface area contributed by atoms with Gasteiger partial charge in [0.2, 0.25) is 15.9 Å². The summed E-state index contributed by atoms with van der Waals surface area (Å²) in [5.41, 5.74) is 1.76. The molecule has 2 aromatic carbocycles. The van der Waals surface area contributed by atoms with E-state index in [-0.39, 0.29) is 22.4 Å². The fourth-order valence-corrected chi connectivity index (χ4v) is 2.99. The Balaban J connectivity index is 2.15. The van der Waals surface area contributed by atoms with Crippen molar-refractivity contribution in [3.63, 3.8) is 0 Å². The molecule has 0 saturated carbocycles. The van der Waals surface area contributed by atoms with E-state index in [1.54, 1.807) is 32.0 Å². The normalized spacial score (nSPS) is 12.5. The molecule has 0 radical (unpaired) electrons. The van der Waals surface area contributed by atoms with Gasteiger partial charge in [-0.1, -0.05) is 37.6 Å². The van der Waals surface area contributed by atoms with Gasteiger partial charge in [-0.15, -0.1) is 0 Å². The number of amides is 2. The summed E-state index contributed by atoms with van der Waals surface area (Å²) in [6, 6.07) is 11.9. The summed E-state index contributed by atoms with van der Waals surface area (Å²) < 4.78 is 22.9. The molecule has 0 spiro atoms. The summed E-state index contributed by atoms with van der Waals surface area (Å²) in [5, 5.41) is 10.5. The molecule has 0 aliphatic heterocycles. The molecule has 144 valence electrons. The molecule has 0 aliphatic carbocycles. The summed E-state index contributed by atoms with van der Waals surface area (Å²) in [6.45, 7) is 5.53. The van der Waals surface area contributed by atoms with Crippen LogP contribution < -0.4 is 15.8 Å². The van der Waals surface area contributed by atoms with Crippen molar-refractivity contribution in [1.82, 2.24) is 5.32 Å². The molecule has 4 N–H and O–H groups in total. The zero-order valence-corrected chi connectivity index (χ0v) is 16.2. The van der Waals surface area contributed by atoms with E-state index >= 15 is 0 Å². The van der Waals surface area contributed by atoms with Gasteiger partial charge >= 0.3 is 0 Å². The molecular weight excluding hydrogens is 366 g/mol. The highest BCUT2D eigenvalue weighted by Crippen LogP contribution is 2.15. The van der Waals surface area contributed by atoms with Crippen molar-refractivity contribution in [3.8, 4) is 0 Å². The lowest BCUT2D eigenvalue weighted by Crippen LogP contribution is -2.47. The van der Waals surface area contributed by atoms with Crippen LogP contribution in [0.15, 0.2) is 53.4 Å². The summed E-state index contributed by atoms with van der Waals surface area (Å²) in [7, 11) is -3.88. The average molecular weight is 389 g/mol. The van der Waals surface area contributed by atoms with E-state index in [1.807, 2.05) is 19.1 Å². The molecule has 0 bridgehead atoms. The minimum absolute atomic E-state index is 0.106. The Morgan fingerprint density at radius 2 is 1.67 bits per heavy atom. The standard InChI is InChI=1S/C19H23N3O4S/c1-12(2)17(22-18(23)14-9-7-13(3)8-10-14)19(24)21-15-5-4-6-16(11-15)27(20,25)26/h4-12,17H,1-3H3,(H,21,24)(H,22,23)(H2,20,25,26)/t17-/m1/s1. The number of hydrogen-bond donors (Lipinski definition) is 3. The van der Waals surface area contributed by atoms with E-state index in [0.29, 0.717) is 5.56 Å². The van der Waals surface area contributed by atoms with Crippen LogP contribution in [0.25, 0.3) is 0 Å². The first-order valence-corrected chi connectivity index (χ1v) is 9.94. The molecule has 2 amide bonds. The van der Waals surface area contributed by atoms with Crippen molar-refractivity contribution in [2.75, 3.05) is 5.32 Å². The van der Waals surface area contributed by atoms with Gasteiger partial charge in [-0.05, 0) is 43.2 Å². The van der Waals surface area contributed by atoms with E-state index in [2.05, 4.69) is 10.6 Å². The molecule has 0 unspecified atom stereocenters. The lowest BCUT2D eigenvalue weighted by atomic mass is 10.0. The topological polar surface area (TPSA) is 118 Å². The van der Waals surface area contributed by atoms with Crippen molar-refractivity contribution >= 4 is 27.5 Å². The van der Waals surface area contributed by atoms with Crippen LogP contribution in [-0.4, -0.2) is 26.3 Å². The number of rotatable bonds is 6.